The minimum Gasteiger partial charge on any atom is -0.405 e. The van der Waals surface area contributed by atoms with E-state index in [-0.39, 0.29) is 23.9 Å². The number of nitriles is 1. The summed E-state index contributed by atoms with van der Waals surface area (Å²) in [6.07, 6.45) is 3.65. The molecular formula is C19H16F2N6O2. The predicted molar refractivity (Wildman–Crippen MR) is 98.3 cm³/mol. The third kappa shape index (κ3) is 3.67. The fraction of sp³-hybridized carbons (Fsp3) is 0.263. The van der Waals surface area contributed by atoms with Gasteiger partial charge in [-0.25, -0.2) is 23.1 Å². The molecule has 1 aromatic carbocycles. The van der Waals surface area contributed by atoms with Gasteiger partial charge < -0.3 is 15.0 Å². The fourth-order valence-electron chi connectivity index (χ4n) is 3.45. The quantitative estimate of drug-likeness (QED) is 0.679. The highest BCUT2D eigenvalue weighted by atomic mass is 19.1. The monoisotopic (exact) mass is 398 g/mol. The lowest BCUT2D eigenvalue weighted by Crippen LogP contribution is -2.27. The lowest BCUT2D eigenvalue weighted by Gasteiger charge is -2.26. The van der Waals surface area contributed by atoms with E-state index in [1.807, 2.05) is 4.90 Å². The molecule has 148 valence electrons. The summed E-state index contributed by atoms with van der Waals surface area (Å²) in [4.78, 5) is 18.1. The van der Waals surface area contributed by atoms with Gasteiger partial charge in [0.25, 0.3) is 0 Å². The van der Waals surface area contributed by atoms with Crippen LogP contribution in [0.5, 0.6) is 5.75 Å². The summed E-state index contributed by atoms with van der Waals surface area (Å²) in [5.41, 5.74) is 0.574. The van der Waals surface area contributed by atoms with Crippen molar-refractivity contribution in [2.45, 2.75) is 18.9 Å². The maximum atomic E-state index is 14.3. The Morgan fingerprint density at radius 1 is 1.38 bits per heavy atom. The smallest absolute Gasteiger partial charge is 0.405 e. The van der Waals surface area contributed by atoms with Crippen LogP contribution in [0.15, 0.2) is 36.7 Å². The van der Waals surface area contributed by atoms with Crippen molar-refractivity contribution in [2.24, 2.45) is 0 Å². The molecule has 0 aliphatic carbocycles. The van der Waals surface area contributed by atoms with E-state index < -0.39 is 17.7 Å². The Bertz CT molecular complexity index is 1110. The van der Waals surface area contributed by atoms with E-state index in [1.54, 1.807) is 18.3 Å². The largest absolute Gasteiger partial charge is 0.413 e. The van der Waals surface area contributed by atoms with Crippen molar-refractivity contribution in [1.82, 2.24) is 19.9 Å². The lowest BCUT2D eigenvalue weighted by molar-refractivity contribution is 0.202. The van der Waals surface area contributed by atoms with Crippen molar-refractivity contribution in [1.29, 1.82) is 5.26 Å². The van der Waals surface area contributed by atoms with Crippen molar-refractivity contribution in [3.05, 3.63) is 53.9 Å². The Morgan fingerprint density at radius 3 is 3.07 bits per heavy atom. The minimum absolute atomic E-state index is 0.120. The van der Waals surface area contributed by atoms with E-state index in [1.165, 1.54) is 16.8 Å². The molecule has 0 unspecified atom stereocenters. The highest BCUT2D eigenvalue weighted by molar-refractivity contribution is 5.73. The van der Waals surface area contributed by atoms with E-state index in [2.05, 4.69) is 15.4 Å². The van der Waals surface area contributed by atoms with Gasteiger partial charge in [-0.05, 0) is 37.1 Å². The molecule has 1 amide bonds. The van der Waals surface area contributed by atoms with E-state index in [4.69, 9.17) is 10.00 Å². The van der Waals surface area contributed by atoms with Gasteiger partial charge in [-0.2, -0.15) is 10.4 Å². The van der Waals surface area contributed by atoms with Crippen LogP contribution < -0.4 is 15.0 Å². The average molecular weight is 398 g/mol. The summed E-state index contributed by atoms with van der Waals surface area (Å²) in [5, 5.41) is 14.9. The topological polar surface area (TPSA) is 95.5 Å². The molecule has 3 aromatic rings. The average Bonchev–Trinajstić information content (AvgIpc) is 3.35. The molecule has 2 aromatic heterocycles. The predicted octanol–water partition coefficient (Wildman–Crippen LogP) is 2.96. The number of nitrogens with one attached hydrogen (secondary N) is 1. The number of rotatable bonds is 4. The maximum Gasteiger partial charge on any atom is 0.413 e. The molecule has 3 heterocycles. The zero-order valence-corrected chi connectivity index (χ0v) is 15.2. The number of hydrogen-bond donors (Lipinski definition) is 1. The lowest BCUT2D eigenvalue weighted by atomic mass is 10.0. The zero-order valence-electron chi connectivity index (χ0n) is 15.2. The van der Waals surface area contributed by atoms with Gasteiger partial charge in [0.15, 0.2) is 5.75 Å². The summed E-state index contributed by atoms with van der Waals surface area (Å²) in [5.74, 6) is -0.306. The second-order valence-corrected chi connectivity index (χ2v) is 6.48. The number of ether oxygens (including phenoxy) is 1. The van der Waals surface area contributed by atoms with Gasteiger partial charge >= 0.3 is 6.09 Å². The Hall–Kier alpha value is -3.74. The number of aromatic nitrogens is 3. The molecule has 10 heteroatoms. The molecule has 1 fully saturated rings. The molecule has 0 radical (unpaired) electrons. The molecule has 4 rings (SSSR count). The van der Waals surface area contributed by atoms with Crippen molar-refractivity contribution >= 4 is 17.6 Å². The van der Waals surface area contributed by atoms with Gasteiger partial charge in [0, 0.05) is 18.3 Å². The number of carbonyl (C=O) groups excluding carboxylic acids is 1. The first-order valence-electron chi connectivity index (χ1n) is 8.95. The number of fused-ring (bicyclic) bond motifs is 1. The van der Waals surface area contributed by atoms with E-state index in [9.17, 15) is 13.6 Å². The van der Waals surface area contributed by atoms with Gasteiger partial charge in [-0.15, -0.1) is 0 Å². The number of nitrogens with zero attached hydrogens (tertiary/aromatic N) is 5. The molecule has 0 saturated carbocycles. The first kappa shape index (κ1) is 18.6. The van der Waals surface area contributed by atoms with E-state index >= 15 is 0 Å². The first-order valence-corrected chi connectivity index (χ1v) is 8.95. The van der Waals surface area contributed by atoms with Crippen molar-refractivity contribution in [2.75, 3.05) is 18.0 Å². The number of hydrogen-bond acceptors (Lipinski definition) is 6. The van der Waals surface area contributed by atoms with Crippen LogP contribution >= 0.6 is 0 Å². The van der Waals surface area contributed by atoms with Gasteiger partial charge in [0.2, 0.25) is 5.65 Å². The highest BCUT2D eigenvalue weighted by Crippen LogP contribution is 2.37. The van der Waals surface area contributed by atoms with Gasteiger partial charge in [0.05, 0.1) is 18.3 Å². The van der Waals surface area contributed by atoms with E-state index in [0.717, 1.165) is 18.6 Å². The van der Waals surface area contributed by atoms with Crippen LogP contribution in [-0.2, 0) is 0 Å². The molecule has 0 bridgehead atoms. The Labute approximate surface area is 164 Å². The molecule has 1 saturated heterocycles. The van der Waals surface area contributed by atoms with Crippen LogP contribution in [0.3, 0.4) is 0 Å². The van der Waals surface area contributed by atoms with Gasteiger partial charge in [0.1, 0.15) is 24.0 Å². The number of carbonyl (C=O) groups is 1. The van der Waals surface area contributed by atoms with Crippen molar-refractivity contribution in [3.63, 3.8) is 0 Å². The van der Waals surface area contributed by atoms with Crippen molar-refractivity contribution < 1.29 is 18.3 Å². The molecule has 1 N–H and O–H groups in total. The molecule has 0 spiro atoms. The number of benzene rings is 1. The van der Waals surface area contributed by atoms with Crippen LogP contribution in [0, 0.1) is 23.0 Å². The summed E-state index contributed by atoms with van der Waals surface area (Å²) < 4.78 is 34.6. The summed E-state index contributed by atoms with van der Waals surface area (Å²) in [6, 6.07) is 6.57. The summed E-state index contributed by atoms with van der Waals surface area (Å²) >= 11 is 0. The SMILES string of the molecule is N#CCNC(=O)Oc1cnn2ccc(N3CCC[C@@H]3c3cc(F)ccc3F)nc12. The van der Waals surface area contributed by atoms with E-state index in [0.29, 0.717) is 24.4 Å². The number of amides is 1. The fourth-order valence-corrected chi connectivity index (χ4v) is 3.45. The van der Waals surface area contributed by atoms with Crippen LogP contribution in [0.2, 0.25) is 0 Å². The minimum atomic E-state index is -0.797. The first-order chi connectivity index (χ1) is 14.1. The third-order valence-corrected chi connectivity index (χ3v) is 4.70. The third-order valence-electron chi connectivity index (χ3n) is 4.70. The molecule has 1 atom stereocenters. The Morgan fingerprint density at radius 2 is 2.24 bits per heavy atom. The standard InChI is InChI=1S/C19H16F2N6O2/c20-12-3-4-14(21)13(10-12)15-2-1-8-26(15)17-5-9-27-18(25-17)16(11-24-27)29-19(28)23-7-6-22/h3-5,9-11,15H,1-2,7-8H2,(H,23,28)/t15-/m1/s1. The molecule has 1 aliphatic heterocycles. The van der Waals surface area contributed by atoms with Crippen LogP contribution in [0.4, 0.5) is 19.4 Å². The molecule has 8 nitrogen and oxygen atoms in total. The zero-order chi connectivity index (χ0) is 20.4. The molecule has 29 heavy (non-hydrogen) atoms. The number of halogens is 2. The van der Waals surface area contributed by atoms with Gasteiger partial charge in [-0.1, -0.05) is 0 Å². The number of anilines is 1. The van der Waals surface area contributed by atoms with Crippen LogP contribution in [-0.4, -0.2) is 33.8 Å². The highest BCUT2D eigenvalue weighted by Gasteiger charge is 2.30. The normalized spacial score (nSPS) is 16.0. The maximum absolute atomic E-state index is 14.3. The Kier molecular flexibility index (Phi) is 4.95. The summed E-state index contributed by atoms with van der Waals surface area (Å²) in [6.45, 7) is 0.433. The summed E-state index contributed by atoms with van der Waals surface area (Å²) in [7, 11) is 0. The van der Waals surface area contributed by atoms with Crippen LogP contribution in [0.1, 0.15) is 24.4 Å². The van der Waals surface area contributed by atoms with Crippen molar-refractivity contribution in [3.8, 4) is 11.8 Å². The molecular weight excluding hydrogens is 382 g/mol. The molecule has 1 aliphatic rings. The van der Waals surface area contributed by atoms with Gasteiger partial charge in [-0.3, -0.25) is 0 Å². The second-order valence-electron chi connectivity index (χ2n) is 6.48. The van der Waals surface area contributed by atoms with Crippen LogP contribution in [0.25, 0.3) is 5.65 Å². The second kappa shape index (κ2) is 7.71. The Balaban J connectivity index is 1.65.